The van der Waals surface area contributed by atoms with Gasteiger partial charge in [0.05, 0.1) is 23.7 Å². The van der Waals surface area contributed by atoms with Gasteiger partial charge in [0, 0.05) is 24.5 Å². The minimum atomic E-state index is -3.47. The minimum Gasteiger partial charge on any atom is -0.357 e. The van der Waals surface area contributed by atoms with Crippen LogP contribution >= 0.6 is 11.3 Å². The van der Waals surface area contributed by atoms with Crippen LogP contribution in [0.5, 0.6) is 0 Å². The van der Waals surface area contributed by atoms with E-state index in [2.05, 4.69) is 27.5 Å². The van der Waals surface area contributed by atoms with E-state index in [1.807, 2.05) is 39.8 Å². The van der Waals surface area contributed by atoms with Gasteiger partial charge in [-0.1, -0.05) is 12.1 Å². The molecular formula is C20H31N5O2S2. The number of hydrogen-bond acceptors (Lipinski definition) is 5. The first-order valence-electron chi connectivity index (χ1n) is 9.67. The fourth-order valence-corrected chi connectivity index (χ4v) is 4.74. The molecule has 1 aromatic heterocycles. The Kier molecular flexibility index (Phi) is 8.18. The van der Waals surface area contributed by atoms with E-state index in [0.717, 1.165) is 22.8 Å². The molecule has 7 nitrogen and oxygen atoms in total. The van der Waals surface area contributed by atoms with E-state index >= 15 is 0 Å². The van der Waals surface area contributed by atoms with E-state index in [9.17, 15) is 8.42 Å². The third kappa shape index (κ3) is 6.25. The molecular weight excluding hydrogens is 406 g/mol. The average molecular weight is 438 g/mol. The molecule has 0 saturated carbocycles. The summed E-state index contributed by atoms with van der Waals surface area (Å²) in [6.07, 6.45) is 0. The van der Waals surface area contributed by atoms with E-state index in [4.69, 9.17) is 0 Å². The first-order chi connectivity index (χ1) is 13.6. The van der Waals surface area contributed by atoms with Crippen LogP contribution in [0.3, 0.4) is 0 Å². The fourth-order valence-electron chi connectivity index (χ4n) is 2.50. The molecule has 0 aliphatic carbocycles. The Morgan fingerprint density at radius 3 is 2.38 bits per heavy atom. The van der Waals surface area contributed by atoms with Gasteiger partial charge in [0.25, 0.3) is 0 Å². The van der Waals surface area contributed by atoms with Crippen molar-refractivity contribution in [2.45, 2.75) is 58.6 Å². The largest absolute Gasteiger partial charge is 0.357 e. The molecule has 0 atom stereocenters. The number of guanidine groups is 1. The Hall–Kier alpha value is -1.97. The van der Waals surface area contributed by atoms with Crippen molar-refractivity contribution in [3.8, 4) is 0 Å². The molecule has 1 heterocycles. The van der Waals surface area contributed by atoms with Crippen molar-refractivity contribution in [3.05, 3.63) is 45.4 Å². The molecule has 0 radical (unpaired) electrons. The number of sulfonamides is 1. The maximum atomic E-state index is 12.6. The molecule has 9 heteroatoms. The van der Waals surface area contributed by atoms with Crippen LogP contribution in [0.4, 0.5) is 0 Å². The van der Waals surface area contributed by atoms with Gasteiger partial charge in [0.15, 0.2) is 5.96 Å². The normalized spacial score (nSPS) is 12.6. The van der Waals surface area contributed by atoms with Crippen molar-refractivity contribution in [1.82, 2.24) is 19.9 Å². The molecule has 0 bridgehead atoms. The maximum Gasteiger partial charge on any atom is 0.243 e. The highest BCUT2D eigenvalue weighted by Gasteiger charge is 2.22. The van der Waals surface area contributed by atoms with Crippen LogP contribution in [0.1, 0.15) is 41.9 Å². The third-order valence-electron chi connectivity index (χ3n) is 4.57. The van der Waals surface area contributed by atoms with Crippen molar-refractivity contribution in [3.63, 3.8) is 0 Å². The molecule has 0 aliphatic heterocycles. The number of aliphatic imine (C=N–C) groups is 1. The summed E-state index contributed by atoms with van der Waals surface area (Å²) in [7, 11) is -1.87. The lowest BCUT2D eigenvalue weighted by molar-refractivity contribution is 0.410. The summed E-state index contributed by atoms with van der Waals surface area (Å²) >= 11 is 1.68. The molecule has 2 rings (SSSR count). The molecule has 0 unspecified atom stereocenters. The van der Waals surface area contributed by atoms with Crippen molar-refractivity contribution >= 4 is 27.3 Å². The molecule has 0 aliphatic rings. The van der Waals surface area contributed by atoms with Gasteiger partial charge in [-0.3, -0.25) is 0 Å². The van der Waals surface area contributed by atoms with Crippen LogP contribution in [0.25, 0.3) is 0 Å². The van der Waals surface area contributed by atoms with Gasteiger partial charge in [0.2, 0.25) is 10.0 Å². The zero-order valence-electron chi connectivity index (χ0n) is 18.0. The number of aryl methyl sites for hydroxylation is 2. The van der Waals surface area contributed by atoms with Crippen molar-refractivity contribution in [2.24, 2.45) is 4.99 Å². The summed E-state index contributed by atoms with van der Waals surface area (Å²) in [5, 5.41) is 7.54. The Balaban J connectivity index is 2.05. The molecule has 0 amide bonds. The standard InChI is InChI=1S/C20H31N5O2S2/c1-7-21-20(23-13-19-24-15(4)16(5)28-19)22-12-17-8-10-18(11-9-17)29(26,27)25(6)14(2)3/h8-11,14H,7,12-13H2,1-6H3,(H2,21,22,23). The van der Waals surface area contributed by atoms with E-state index in [0.29, 0.717) is 23.9 Å². The SMILES string of the molecule is CCNC(=NCc1ccc(S(=O)(=O)N(C)C(C)C)cc1)NCc1nc(C)c(C)s1. The first-order valence-corrected chi connectivity index (χ1v) is 11.9. The number of rotatable bonds is 8. The van der Waals surface area contributed by atoms with Gasteiger partial charge < -0.3 is 10.6 Å². The summed E-state index contributed by atoms with van der Waals surface area (Å²) in [5.74, 6) is 0.703. The molecule has 160 valence electrons. The Bertz CT molecular complexity index is 915. The zero-order chi connectivity index (χ0) is 21.6. The maximum absolute atomic E-state index is 12.6. The molecule has 0 fully saturated rings. The Morgan fingerprint density at radius 1 is 1.21 bits per heavy atom. The third-order valence-corrected chi connectivity index (χ3v) is 7.69. The monoisotopic (exact) mass is 437 g/mol. The number of benzene rings is 1. The van der Waals surface area contributed by atoms with E-state index in [-0.39, 0.29) is 6.04 Å². The predicted octanol–water partition coefficient (Wildman–Crippen LogP) is 3.04. The lowest BCUT2D eigenvalue weighted by atomic mass is 10.2. The first kappa shape index (κ1) is 23.3. The molecule has 0 saturated heterocycles. The van der Waals surface area contributed by atoms with Crippen LogP contribution in [0, 0.1) is 13.8 Å². The topological polar surface area (TPSA) is 86.7 Å². The van der Waals surface area contributed by atoms with E-state index < -0.39 is 10.0 Å². The van der Waals surface area contributed by atoms with Crippen molar-refractivity contribution < 1.29 is 8.42 Å². The number of thiazole rings is 1. The zero-order valence-corrected chi connectivity index (χ0v) is 19.6. The number of hydrogen-bond donors (Lipinski definition) is 2. The minimum absolute atomic E-state index is 0.0940. The molecule has 2 N–H and O–H groups in total. The summed E-state index contributed by atoms with van der Waals surface area (Å²) < 4.78 is 26.5. The smallest absolute Gasteiger partial charge is 0.243 e. The second-order valence-corrected chi connectivity index (χ2v) is 10.3. The molecule has 1 aromatic carbocycles. The second kappa shape index (κ2) is 10.2. The molecule has 0 spiro atoms. The van der Waals surface area contributed by atoms with E-state index in [1.54, 1.807) is 30.5 Å². The highest BCUT2D eigenvalue weighted by molar-refractivity contribution is 7.89. The van der Waals surface area contributed by atoms with Crippen molar-refractivity contribution in [2.75, 3.05) is 13.6 Å². The quantitative estimate of drug-likeness (QED) is 0.490. The van der Waals surface area contributed by atoms with Gasteiger partial charge in [-0.15, -0.1) is 11.3 Å². The van der Waals surface area contributed by atoms with Crippen molar-refractivity contribution in [1.29, 1.82) is 0 Å². The fraction of sp³-hybridized carbons (Fsp3) is 0.500. The van der Waals surface area contributed by atoms with Gasteiger partial charge in [0.1, 0.15) is 5.01 Å². The summed E-state index contributed by atoms with van der Waals surface area (Å²) in [5.41, 5.74) is 2.00. The van der Waals surface area contributed by atoms with Crippen LogP contribution in [-0.2, 0) is 23.1 Å². The van der Waals surface area contributed by atoms with Crippen LogP contribution in [0.15, 0.2) is 34.2 Å². The van der Waals surface area contributed by atoms with Gasteiger partial charge in [-0.2, -0.15) is 4.31 Å². The predicted molar refractivity (Wildman–Crippen MR) is 120 cm³/mol. The van der Waals surface area contributed by atoms with Crippen LogP contribution < -0.4 is 10.6 Å². The average Bonchev–Trinajstić information content (AvgIpc) is 3.01. The van der Waals surface area contributed by atoms with Gasteiger partial charge >= 0.3 is 0 Å². The highest BCUT2D eigenvalue weighted by Crippen LogP contribution is 2.18. The number of aromatic nitrogens is 1. The molecule has 2 aromatic rings. The van der Waals surface area contributed by atoms with Crippen LogP contribution in [0.2, 0.25) is 0 Å². The van der Waals surface area contributed by atoms with Crippen LogP contribution in [-0.4, -0.2) is 43.3 Å². The van der Waals surface area contributed by atoms with Gasteiger partial charge in [-0.05, 0) is 52.3 Å². The highest BCUT2D eigenvalue weighted by atomic mass is 32.2. The molecule has 29 heavy (non-hydrogen) atoms. The summed E-state index contributed by atoms with van der Waals surface area (Å²) in [6.45, 7) is 11.6. The second-order valence-electron chi connectivity index (χ2n) is 7.06. The summed E-state index contributed by atoms with van der Waals surface area (Å²) in [4.78, 5) is 10.6. The van der Waals surface area contributed by atoms with Gasteiger partial charge in [-0.25, -0.2) is 18.4 Å². The Morgan fingerprint density at radius 2 is 1.86 bits per heavy atom. The van der Waals surface area contributed by atoms with E-state index in [1.165, 1.54) is 9.18 Å². The lowest BCUT2D eigenvalue weighted by Crippen LogP contribution is -2.36. The number of nitrogens with one attached hydrogen (secondary N) is 2. The number of nitrogens with zero attached hydrogens (tertiary/aromatic N) is 3. The Labute approximate surface area is 178 Å². The lowest BCUT2D eigenvalue weighted by Gasteiger charge is -2.21. The summed E-state index contributed by atoms with van der Waals surface area (Å²) in [6, 6.07) is 6.80.